The summed E-state index contributed by atoms with van der Waals surface area (Å²) in [4.78, 5) is 26.3. The maximum atomic E-state index is 12.5. The third-order valence-electron chi connectivity index (χ3n) is 3.46. The summed E-state index contributed by atoms with van der Waals surface area (Å²) in [5.41, 5.74) is -0.692. The fourth-order valence-electron chi connectivity index (χ4n) is 2.37. The number of nitrogens with one attached hydrogen (secondary N) is 1. The van der Waals surface area contributed by atoms with Crippen LogP contribution < -0.4 is 5.32 Å². The number of carbonyl (C=O) groups is 2. The lowest BCUT2D eigenvalue weighted by atomic mass is 9.90. The van der Waals surface area contributed by atoms with Crippen LogP contribution in [0.4, 0.5) is 0 Å². The molecule has 1 rings (SSSR count). The average molecular weight is 279 g/mol. The number of nitriles is 1. The van der Waals surface area contributed by atoms with Crippen molar-refractivity contribution in [2.24, 2.45) is 11.3 Å². The van der Waals surface area contributed by atoms with Gasteiger partial charge in [0, 0.05) is 19.5 Å². The molecule has 0 saturated carbocycles. The van der Waals surface area contributed by atoms with E-state index in [0.717, 1.165) is 6.42 Å². The molecule has 0 bridgehead atoms. The second-order valence-corrected chi connectivity index (χ2v) is 6.55. The van der Waals surface area contributed by atoms with E-state index >= 15 is 0 Å². The first kappa shape index (κ1) is 16.5. The minimum absolute atomic E-state index is 0.0701. The van der Waals surface area contributed by atoms with Crippen LogP contribution in [-0.4, -0.2) is 35.8 Å². The highest BCUT2D eigenvalue weighted by Crippen LogP contribution is 2.23. The van der Waals surface area contributed by atoms with Crippen molar-refractivity contribution in [1.82, 2.24) is 10.2 Å². The molecule has 0 aromatic heterocycles. The van der Waals surface area contributed by atoms with Crippen molar-refractivity contribution in [3.8, 4) is 6.07 Å². The Labute approximate surface area is 121 Å². The Bertz CT molecular complexity index is 410. The van der Waals surface area contributed by atoms with Crippen molar-refractivity contribution in [3.05, 3.63) is 0 Å². The Balaban J connectivity index is 2.88. The number of rotatable bonds is 4. The summed E-state index contributed by atoms with van der Waals surface area (Å²) in [6, 6.07) is 1.74. The van der Waals surface area contributed by atoms with E-state index in [2.05, 4.69) is 11.4 Å². The van der Waals surface area contributed by atoms with Crippen LogP contribution in [0.5, 0.6) is 0 Å². The minimum atomic E-state index is -0.692. The maximum absolute atomic E-state index is 12.5. The Hall–Kier alpha value is -1.57. The SMILES string of the molecule is CC(C)CC1C(=O)NCCCN1C(=O)CC(C)(C)C#N. The average Bonchev–Trinajstić information content (AvgIpc) is 2.51. The van der Waals surface area contributed by atoms with Crippen LogP contribution >= 0.6 is 0 Å². The van der Waals surface area contributed by atoms with E-state index in [1.165, 1.54) is 0 Å². The van der Waals surface area contributed by atoms with Gasteiger partial charge < -0.3 is 10.2 Å². The normalized spacial score (nSPS) is 20.3. The van der Waals surface area contributed by atoms with E-state index in [1.807, 2.05) is 13.8 Å². The summed E-state index contributed by atoms with van der Waals surface area (Å²) in [7, 11) is 0. The number of carbonyl (C=O) groups excluding carboxylic acids is 2. The lowest BCUT2D eigenvalue weighted by Gasteiger charge is -2.31. The van der Waals surface area contributed by atoms with Gasteiger partial charge >= 0.3 is 0 Å². The lowest BCUT2D eigenvalue weighted by molar-refractivity contribution is -0.141. The van der Waals surface area contributed by atoms with Crippen molar-refractivity contribution < 1.29 is 9.59 Å². The largest absolute Gasteiger partial charge is 0.354 e. The summed E-state index contributed by atoms with van der Waals surface area (Å²) < 4.78 is 0. The first-order valence-electron chi connectivity index (χ1n) is 7.25. The molecule has 1 heterocycles. The summed E-state index contributed by atoms with van der Waals surface area (Å²) in [5.74, 6) is 0.168. The van der Waals surface area contributed by atoms with Gasteiger partial charge in [0.15, 0.2) is 0 Å². The topological polar surface area (TPSA) is 73.2 Å². The van der Waals surface area contributed by atoms with Crippen molar-refractivity contribution in [2.75, 3.05) is 13.1 Å². The predicted molar refractivity (Wildman–Crippen MR) is 76.6 cm³/mol. The number of hydrogen-bond acceptors (Lipinski definition) is 3. The van der Waals surface area contributed by atoms with E-state index in [-0.39, 0.29) is 18.2 Å². The van der Waals surface area contributed by atoms with Gasteiger partial charge in [-0.1, -0.05) is 13.8 Å². The van der Waals surface area contributed by atoms with Gasteiger partial charge in [-0.25, -0.2) is 0 Å². The highest BCUT2D eigenvalue weighted by atomic mass is 16.2. The molecular formula is C15H25N3O2. The van der Waals surface area contributed by atoms with Crippen molar-refractivity contribution in [2.45, 2.75) is 53.0 Å². The van der Waals surface area contributed by atoms with Gasteiger partial charge in [-0.15, -0.1) is 0 Å². The van der Waals surface area contributed by atoms with Crippen LogP contribution in [-0.2, 0) is 9.59 Å². The highest BCUT2D eigenvalue weighted by molar-refractivity contribution is 5.88. The van der Waals surface area contributed by atoms with E-state index < -0.39 is 11.5 Å². The van der Waals surface area contributed by atoms with Crippen molar-refractivity contribution >= 4 is 11.8 Å². The van der Waals surface area contributed by atoms with Crippen LogP contribution in [0.2, 0.25) is 0 Å². The molecule has 1 unspecified atom stereocenters. The first-order chi connectivity index (χ1) is 9.26. The molecule has 5 heteroatoms. The van der Waals surface area contributed by atoms with E-state index in [1.54, 1.807) is 18.7 Å². The molecular weight excluding hydrogens is 254 g/mol. The second-order valence-electron chi connectivity index (χ2n) is 6.55. The van der Waals surface area contributed by atoms with Crippen molar-refractivity contribution in [1.29, 1.82) is 5.26 Å². The lowest BCUT2D eigenvalue weighted by Crippen LogP contribution is -2.48. The van der Waals surface area contributed by atoms with Crippen LogP contribution in [0.3, 0.4) is 0 Å². The summed E-state index contributed by atoms with van der Waals surface area (Å²) in [6.07, 6.45) is 1.58. The van der Waals surface area contributed by atoms with Crippen LogP contribution in [0.1, 0.15) is 47.0 Å². The fourth-order valence-corrected chi connectivity index (χ4v) is 2.37. The Morgan fingerprint density at radius 1 is 1.55 bits per heavy atom. The molecule has 1 N–H and O–H groups in total. The Morgan fingerprint density at radius 3 is 2.75 bits per heavy atom. The van der Waals surface area contributed by atoms with Crippen LogP contribution in [0.15, 0.2) is 0 Å². The maximum Gasteiger partial charge on any atom is 0.242 e. The van der Waals surface area contributed by atoms with Gasteiger partial charge in [0.1, 0.15) is 6.04 Å². The first-order valence-corrected chi connectivity index (χ1v) is 7.25. The molecule has 1 aliphatic heterocycles. The molecule has 1 fully saturated rings. The minimum Gasteiger partial charge on any atom is -0.354 e. The summed E-state index contributed by atoms with van der Waals surface area (Å²) in [6.45, 7) is 8.77. The quantitative estimate of drug-likeness (QED) is 0.851. The van der Waals surface area contributed by atoms with Crippen LogP contribution in [0.25, 0.3) is 0 Å². The standard InChI is InChI=1S/C15H25N3O2/c1-11(2)8-12-14(20)17-6-5-7-18(12)13(19)9-15(3,4)10-16/h11-12H,5-9H2,1-4H3,(H,17,20). The van der Waals surface area contributed by atoms with Gasteiger partial charge in [-0.3, -0.25) is 9.59 Å². The zero-order valence-electron chi connectivity index (χ0n) is 12.9. The number of nitrogens with zero attached hydrogens (tertiary/aromatic N) is 2. The Morgan fingerprint density at radius 2 is 2.20 bits per heavy atom. The zero-order chi connectivity index (χ0) is 15.3. The molecule has 112 valence electrons. The van der Waals surface area contributed by atoms with Gasteiger partial charge in [-0.05, 0) is 32.6 Å². The molecule has 1 aliphatic rings. The molecule has 0 radical (unpaired) electrons. The van der Waals surface area contributed by atoms with Gasteiger partial charge in [0.2, 0.25) is 11.8 Å². The zero-order valence-corrected chi connectivity index (χ0v) is 12.9. The van der Waals surface area contributed by atoms with E-state index in [9.17, 15) is 9.59 Å². The molecule has 0 aromatic carbocycles. The van der Waals surface area contributed by atoms with E-state index in [0.29, 0.717) is 25.4 Å². The van der Waals surface area contributed by atoms with Crippen molar-refractivity contribution in [3.63, 3.8) is 0 Å². The summed E-state index contributed by atoms with van der Waals surface area (Å²) in [5, 5.41) is 11.9. The molecule has 1 saturated heterocycles. The monoisotopic (exact) mass is 279 g/mol. The fraction of sp³-hybridized carbons (Fsp3) is 0.800. The number of amides is 2. The van der Waals surface area contributed by atoms with Crippen LogP contribution in [0, 0.1) is 22.7 Å². The second kappa shape index (κ2) is 6.74. The molecule has 0 spiro atoms. The third kappa shape index (κ3) is 4.52. The smallest absolute Gasteiger partial charge is 0.242 e. The Kier molecular flexibility index (Phi) is 5.55. The third-order valence-corrected chi connectivity index (χ3v) is 3.46. The molecule has 0 aliphatic carbocycles. The van der Waals surface area contributed by atoms with Gasteiger partial charge in [0.05, 0.1) is 11.5 Å². The molecule has 20 heavy (non-hydrogen) atoms. The highest BCUT2D eigenvalue weighted by Gasteiger charge is 2.34. The van der Waals surface area contributed by atoms with Gasteiger partial charge in [-0.2, -0.15) is 5.26 Å². The summed E-state index contributed by atoms with van der Waals surface area (Å²) >= 11 is 0. The molecule has 5 nitrogen and oxygen atoms in total. The van der Waals surface area contributed by atoms with Gasteiger partial charge in [0.25, 0.3) is 0 Å². The van der Waals surface area contributed by atoms with E-state index in [4.69, 9.17) is 5.26 Å². The number of hydrogen-bond donors (Lipinski definition) is 1. The molecule has 1 atom stereocenters. The molecule has 2 amide bonds. The molecule has 0 aromatic rings. The predicted octanol–water partition coefficient (Wildman–Crippen LogP) is 1.69.